The molecular formula is C6H7NO2S. The van der Waals surface area contributed by atoms with E-state index >= 15 is 0 Å². The first-order valence-electron chi connectivity index (χ1n) is 2.78. The summed E-state index contributed by atoms with van der Waals surface area (Å²) in [5, 5.41) is 0.134. The van der Waals surface area contributed by atoms with Crippen molar-refractivity contribution in [3.8, 4) is 0 Å². The van der Waals surface area contributed by atoms with Gasteiger partial charge in [-0.2, -0.15) is 0 Å². The van der Waals surface area contributed by atoms with Crippen molar-refractivity contribution in [2.75, 3.05) is 0 Å². The van der Waals surface area contributed by atoms with Gasteiger partial charge in [0.1, 0.15) is 0 Å². The maximum Gasteiger partial charge on any atom is 0.185 e. The molecular weight excluding hydrogens is 150 g/mol. The van der Waals surface area contributed by atoms with Crippen LogP contribution in [0.4, 0.5) is 0 Å². The van der Waals surface area contributed by atoms with Gasteiger partial charge in [0, 0.05) is 5.69 Å². The molecule has 0 saturated heterocycles. The summed E-state index contributed by atoms with van der Waals surface area (Å²) < 4.78 is 20.7. The fourth-order valence-electron chi connectivity index (χ4n) is 0.630. The van der Waals surface area contributed by atoms with Gasteiger partial charge in [-0.05, 0) is 19.1 Å². The molecule has 3 nitrogen and oxygen atoms in total. The van der Waals surface area contributed by atoms with E-state index in [0.29, 0.717) is 0 Å². The largest absolute Gasteiger partial charge is 0.242 e. The molecule has 0 amide bonds. The van der Waals surface area contributed by atoms with Crippen LogP contribution in [0.2, 0.25) is 0 Å². The van der Waals surface area contributed by atoms with Crippen LogP contribution in [0.15, 0.2) is 23.2 Å². The first kappa shape index (κ1) is 7.21. The highest BCUT2D eigenvalue weighted by atomic mass is 32.2. The Bertz CT molecular complexity index is 298. The molecule has 10 heavy (non-hydrogen) atoms. The fraction of sp³-hybridized carbons (Fsp3) is 0.167. The van der Waals surface area contributed by atoms with Crippen LogP contribution in [0, 0.1) is 6.92 Å². The van der Waals surface area contributed by atoms with E-state index in [0.717, 1.165) is 5.69 Å². The lowest BCUT2D eigenvalue weighted by Gasteiger charge is -1.90. The predicted molar refractivity (Wildman–Crippen MR) is 37.6 cm³/mol. The van der Waals surface area contributed by atoms with Gasteiger partial charge in [-0.3, -0.25) is 0 Å². The van der Waals surface area contributed by atoms with Gasteiger partial charge in [0.2, 0.25) is 0 Å². The SMILES string of the molecule is Cc1cccc([SH](=O)=O)n1. The number of aryl methyl sites for hydroxylation is 1. The Morgan fingerprint density at radius 2 is 2.10 bits per heavy atom. The van der Waals surface area contributed by atoms with Gasteiger partial charge in [-0.1, -0.05) is 6.07 Å². The van der Waals surface area contributed by atoms with Crippen LogP contribution in [-0.4, -0.2) is 13.4 Å². The van der Waals surface area contributed by atoms with Crippen LogP contribution < -0.4 is 0 Å². The van der Waals surface area contributed by atoms with Crippen LogP contribution in [0.1, 0.15) is 5.69 Å². The molecule has 0 spiro atoms. The number of nitrogens with zero attached hydrogens (tertiary/aromatic N) is 1. The third-order valence-corrected chi connectivity index (χ3v) is 1.68. The molecule has 1 heterocycles. The molecule has 0 N–H and O–H groups in total. The normalized spacial score (nSPS) is 10.2. The summed E-state index contributed by atoms with van der Waals surface area (Å²) in [5.74, 6) is 0. The van der Waals surface area contributed by atoms with Crippen LogP contribution in [0.3, 0.4) is 0 Å². The van der Waals surface area contributed by atoms with Gasteiger partial charge >= 0.3 is 0 Å². The highest BCUT2D eigenvalue weighted by molar-refractivity contribution is 7.72. The first-order valence-corrected chi connectivity index (χ1v) is 3.96. The zero-order chi connectivity index (χ0) is 7.56. The summed E-state index contributed by atoms with van der Waals surface area (Å²) >= 11 is 0. The minimum absolute atomic E-state index is 0.134. The molecule has 4 heteroatoms. The fourth-order valence-corrected chi connectivity index (χ4v) is 1.08. The van der Waals surface area contributed by atoms with E-state index in [-0.39, 0.29) is 5.03 Å². The topological polar surface area (TPSA) is 47.0 Å². The van der Waals surface area contributed by atoms with Crippen molar-refractivity contribution in [2.45, 2.75) is 11.9 Å². The van der Waals surface area contributed by atoms with Gasteiger partial charge < -0.3 is 0 Å². The van der Waals surface area contributed by atoms with Crippen molar-refractivity contribution >= 4 is 10.7 Å². The van der Waals surface area contributed by atoms with Crippen LogP contribution in [-0.2, 0) is 10.7 Å². The van der Waals surface area contributed by atoms with E-state index < -0.39 is 10.7 Å². The van der Waals surface area contributed by atoms with E-state index in [1.165, 1.54) is 6.07 Å². The molecule has 0 saturated carbocycles. The summed E-state index contributed by atoms with van der Waals surface area (Å²) in [4.78, 5) is 3.78. The number of thiol groups is 1. The number of rotatable bonds is 1. The lowest BCUT2D eigenvalue weighted by molar-refractivity contribution is 0.611. The molecule has 0 unspecified atom stereocenters. The molecule has 54 valence electrons. The van der Waals surface area contributed by atoms with Crippen molar-refractivity contribution in [3.63, 3.8) is 0 Å². The quantitative estimate of drug-likeness (QED) is 0.599. The number of pyridine rings is 1. The Morgan fingerprint density at radius 1 is 1.40 bits per heavy atom. The van der Waals surface area contributed by atoms with Crippen molar-refractivity contribution < 1.29 is 8.42 Å². The van der Waals surface area contributed by atoms with Crippen LogP contribution in [0.5, 0.6) is 0 Å². The second-order valence-electron chi connectivity index (χ2n) is 1.89. The van der Waals surface area contributed by atoms with Gasteiger partial charge in [0.25, 0.3) is 0 Å². The third kappa shape index (κ3) is 1.54. The number of hydrogen-bond acceptors (Lipinski definition) is 3. The Hall–Kier alpha value is -0.900. The first-order chi connectivity index (χ1) is 4.70. The van der Waals surface area contributed by atoms with Crippen molar-refractivity contribution in [1.29, 1.82) is 0 Å². The van der Waals surface area contributed by atoms with E-state index in [9.17, 15) is 8.42 Å². The molecule has 1 aromatic rings. The lowest BCUT2D eigenvalue weighted by atomic mass is 10.4. The predicted octanol–water partition coefficient (Wildman–Crippen LogP) is 0.360. The molecule has 0 bridgehead atoms. The maximum atomic E-state index is 10.3. The summed E-state index contributed by atoms with van der Waals surface area (Å²) in [5.41, 5.74) is 0.719. The third-order valence-electron chi connectivity index (χ3n) is 1.06. The van der Waals surface area contributed by atoms with Crippen molar-refractivity contribution in [3.05, 3.63) is 23.9 Å². The van der Waals surface area contributed by atoms with E-state index in [1.807, 2.05) is 0 Å². The van der Waals surface area contributed by atoms with E-state index in [2.05, 4.69) is 4.98 Å². The average molecular weight is 157 g/mol. The zero-order valence-corrected chi connectivity index (χ0v) is 6.34. The smallest absolute Gasteiger partial charge is 0.185 e. The molecule has 1 rings (SSSR count). The summed E-state index contributed by atoms with van der Waals surface area (Å²) in [7, 11) is -2.52. The second-order valence-corrected chi connectivity index (χ2v) is 2.87. The van der Waals surface area contributed by atoms with E-state index in [1.54, 1.807) is 19.1 Å². The van der Waals surface area contributed by atoms with Gasteiger partial charge in [-0.25, -0.2) is 13.4 Å². The number of aromatic nitrogens is 1. The summed E-state index contributed by atoms with van der Waals surface area (Å²) in [6.07, 6.45) is 0. The molecule has 0 aromatic carbocycles. The Kier molecular flexibility index (Phi) is 2.01. The zero-order valence-electron chi connectivity index (χ0n) is 5.44. The highest BCUT2D eigenvalue weighted by Gasteiger charge is 1.93. The summed E-state index contributed by atoms with van der Waals surface area (Å²) in [6, 6.07) is 4.89. The van der Waals surface area contributed by atoms with Gasteiger partial charge in [0.05, 0.1) is 0 Å². The molecule has 0 fully saturated rings. The summed E-state index contributed by atoms with van der Waals surface area (Å²) in [6.45, 7) is 1.75. The second kappa shape index (κ2) is 2.79. The number of hydrogen-bond donors (Lipinski definition) is 1. The highest BCUT2D eigenvalue weighted by Crippen LogP contribution is 1.97. The Morgan fingerprint density at radius 3 is 2.50 bits per heavy atom. The van der Waals surface area contributed by atoms with E-state index in [4.69, 9.17) is 0 Å². The van der Waals surface area contributed by atoms with Gasteiger partial charge in [-0.15, -0.1) is 0 Å². The molecule has 0 aliphatic heterocycles. The lowest BCUT2D eigenvalue weighted by Crippen LogP contribution is -1.87. The van der Waals surface area contributed by atoms with Crippen molar-refractivity contribution in [2.24, 2.45) is 0 Å². The molecule has 1 aromatic heterocycles. The molecule has 0 atom stereocenters. The van der Waals surface area contributed by atoms with Crippen LogP contribution in [0.25, 0.3) is 0 Å². The molecule has 0 aliphatic carbocycles. The molecule has 0 radical (unpaired) electrons. The minimum Gasteiger partial charge on any atom is -0.242 e. The Balaban J connectivity index is 3.19. The average Bonchev–Trinajstić information content (AvgIpc) is 1.88. The standard InChI is InChI=1S/C6H7NO2S/c1-5-3-2-4-6(7-5)10(8)9/h2-4,10H,1H3. The van der Waals surface area contributed by atoms with Gasteiger partial charge in [0.15, 0.2) is 15.7 Å². The van der Waals surface area contributed by atoms with Crippen molar-refractivity contribution in [1.82, 2.24) is 4.98 Å². The monoisotopic (exact) mass is 157 g/mol. The maximum absolute atomic E-state index is 10.3. The minimum atomic E-state index is -2.52. The Labute approximate surface area is 60.7 Å². The van der Waals surface area contributed by atoms with Crippen LogP contribution >= 0.6 is 0 Å². The molecule has 0 aliphatic rings.